The van der Waals surface area contributed by atoms with Crippen LogP contribution in [0.2, 0.25) is 0 Å². The molecule has 1 atom stereocenters. The molecule has 6 heteroatoms. The summed E-state index contributed by atoms with van der Waals surface area (Å²) in [6.07, 6.45) is 96.8. The van der Waals surface area contributed by atoms with Crippen LogP contribution in [0.5, 0.6) is 0 Å². The summed E-state index contributed by atoms with van der Waals surface area (Å²) in [6, 6.07) is 0. The van der Waals surface area contributed by atoms with Gasteiger partial charge in [-0.1, -0.05) is 304 Å². The first-order valence-corrected chi connectivity index (χ1v) is 35.4. The van der Waals surface area contributed by atoms with Gasteiger partial charge in [0.05, 0.1) is 0 Å². The summed E-state index contributed by atoms with van der Waals surface area (Å²) >= 11 is 0. The second-order valence-corrected chi connectivity index (χ2v) is 23.4. The molecule has 0 heterocycles. The molecule has 0 saturated carbocycles. The van der Waals surface area contributed by atoms with E-state index in [9.17, 15) is 14.4 Å². The van der Waals surface area contributed by atoms with E-state index in [0.29, 0.717) is 19.3 Å². The predicted molar refractivity (Wildman–Crippen MR) is 362 cm³/mol. The first-order valence-electron chi connectivity index (χ1n) is 35.4. The monoisotopic (exact) mass is 1150 g/mol. The lowest BCUT2D eigenvalue weighted by atomic mass is 10.0. The van der Waals surface area contributed by atoms with Crippen molar-refractivity contribution >= 4 is 17.9 Å². The molecule has 0 amide bonds. The van der Waals surface area contributed by atoms with Crippen molar-refractivity contribution in [3.05, 3.63) is 109 Å². The summed E-state index contributed by atoms with van der Waals surface area (Å²) in [5.74, 6) is -0.888. The van der Waals surface area contributed by atoms with Crippen molar-refractivity contribution in [2.45, 2.75) is 348 Å². The Labute approximate surface area is 514 Å². The number of carbonyl (C=O) groups is 3. The quantitative estimate of drug-likeness (QED) is 0.0261. The Morgan fingerprint density at radius 2 is 0.470 bits per heavy atom. The van der Waals surface area contributed by atoms with Crippen molar-refractivity contribution in [1.29, 1.82) is 0 Å². The highest BCUT2D eigenvalue weighted by Crippen LogP contribution is 2.17. The van der Waals surface area contributed by atoms with Crippen LogP contribution < -0.4 is 0 Å². The van der Waals surface area contributed by atoms with Crippen molar-refractivity contribution in [1.82, 2.24) is 0 Å². The molecule has 0 saturated heterocycles. The van der Waals surface area contributed by atoms with Gasteiger partial charge in [0.2, 0.25) is 0 Å². The van der Waals surface area contributed by atoms with Crippen molar-refractivity contribution in [3.63, 3.8) is 0 Å². The molecule has 0 aliphatic rings. The van der Waals surface area contributed by atoms with Gasteiger partial charge in [0.1, 0.15) is 13.2 Å². The molecule has 83 heavy (non-hydrogen) atoms. The second kappa shape index (κ2) is 70.6. The lowest BCUT2D eigenvalue weighted by molar-refractivity contribution is -0.167. The van der Waals surface area contributed by atoms with Gasteiger partial charge in [0, 0.05) is 19.3 Å². The number of hydrogen-bond acceptors (Lipinski definition) is 6. The van der Waals surface area contributed by atoms with Gasteiger partial charge in [0.25, 0.3) is 0 Å². The number of hydrogen-bond donors (Lipinski definition) is 0. The van der Waals surface area contributed by atoms with Gasteiger partial charge in [0.15, 0.2) is 6.10 Å². The molecule has 0 radical (unpaired) electrons. The zero-order valence-corrected chi connectivity index (χ0v) is 54.7. The highest BCUT2D eigenvalue weighted by Gasteiger charge is 2.19. The number of ether oxygens (including phenoxy) is 3. The summed E-state index contributed by atoms with van der Waals surface area (Å²) < 4.78 is 17.0. The number of esters is 3. The zero-order chi connectivity index (χ0) is 59.9. The van der Waals surface area contributed by atoms with Crippen molar-refractivity contribution in [2.24, 2.45) is 0 Å². The molecule has 0 aliphatic carbocycles. The summed E-state index contributed by atoms with van der Waals surface area (Å²) in [4.78, 5) is 38.4. The molecule has 0 aliphatic heterocycles. The lowest BCUT2D eigenvalue weighted by Gasteiger charge is -2.18. The number of carbonyl (C=O) groups excluding carboxylic acids is 3. The van der Waals surface area contributed by atoms with Gasteiger partial charge < -0.3 is 14.2 Å². The third-order valence-electron chi connectivity index (χ3n) is 15.2. The summed E-state index contributed by atoms with van der Waals surface area (Å²) in [7, 11) is 0. The third kappa shape index (κ3) is 68.7. The van der Waals surface area contributed by atoms with Gasteiger partial charge in [-0.3, -0.25) is 14.4 Å². The molecular weight excluding hydrogens is 1020 g/mol. The summed E-state index contributed by atoms with van der Waals surface area (Å²) in [5, 5.41) is 0. The molecule has 476 valence electrons. The SMILES string of the molecule is CC/C=C\C/C=C\C/C=C\C/C=C\C/C=C\CCCCCCCCCCCCCCCC(=O)OCC(COC(=O)CCCCCCC/C=C\CCCCCC)OC(=O)CCCCCCCCCC/C=C\C/C=C\C/C=C\CCCCCCC. The van der Waals surface area contributed by atoms with Crippen LogP contribution in [0.4, 0.5) is 0 Å². The van der Waals surface area contributed by atoms with Crippen LogP contribution >= 0.6 is 0 Å². The predicted octanol–water partition coefficient (Wildman–Crippen LogP) is 24.6. The van der Waals surface area contributed by atoms with Crippen LogP contribution in [0.15, 0.2) is 109 Å². The molecular formula is C77H132O6. The van der Waals surface area contributed by atoms with E-state index in [4.69, 9.17) is 14.2 Å². The van der Waals surface area contributed by atoms with E-state index in [1.807, 2.05) is 0 Å². The van der Waals surface area contributed by atoms with Crippen LogP contribution in [0.3, 0.4) is 0 Å². The molecule has 0 spiro atoms. The number of allylic oxidation sites excluding steroid dienone is 18. The Bertz CT molecular complexity index is 1660. The van der Waals surface area contributed by atoms with E-state index in [-0.39, 0.29) is 31.1 Å². The smallest absolute Gasteiger partial charge is 0.306 e. The fraction of sp³-hybridized carbons (Fsp3) is 0.727. The Morgan fingerprint density at radius 1 is 0.253 bits per heavy atom. The Hall–Kier alpha value is -3.93. The van der Waals surface area contributed by atoms with Crippen LogP contribution in [0.25, 0.3) is 0 Å². The number of rotatable bonds is 64. The summed E-state index contributed by atoms with van der Waals surface area (Å²) in [6.45, 7) is 6.52. The highest BCUT2D eigenvalue weighted by atomic mass is 16.6. The topological polar surface area (TPSA) is 78.9 Å². The van der Waals surface area contributed by atoms with Gasteiger partial charge in [-0.05, 0) is 128 Å². The van der Waals surface area contributed by atoms with E-state index >= 15 is 0 Å². The molecule has 0 aromatic carbocycles. The standard InChI is InChI=1S/C77H132O6/c1-4-7-10-13-16-19-22-25-27-29-31-33-35-36-37-38-39-40-42-43-45-47-49-52-55-58-61-64-67-70-76(79)82-73-74(72-81-75(78)69-66-63-60-57-54-51-24-21-18-15-12-9-6-3)83-77(80)71-68-65-62-59-56-53-50-48-46-44-41-34-32-30-28-26-23-20-17-14-11-8-5-2/h7,10,16,19,21,23-27,30-33,36-37,41,44,74H,4-6,8-9,11-15,17-18,20,22,28-29,34-35,38-40,42-43,45-73H2,1-3H3/b10-7-,19-16-,24-21-,26-23-,27-25-,32-30-,33-31-,37-36-,44-41-. The fourth-order valence-electron chi connectivity index (χ4n) is 9.94. The maximum Gasteiger partial charge on any atom is 0.306 e. The third-order valence-corrected chi connectivity index (χ3v) is 15.2. The van der Waals surface area contributed by atoms with Gasteiger partial charge in [-0.2, -0.15) is 0 Å². The molecule has 0 aromatic rings. The minimum Gasteiger partial charge on any atom is -0.462 e. The molecule has 0 bridgehead atoms. The van der Waals surface area contributed by atoms with Crippen LogP contribution in [0, 0.1) is 0 Å². The largest absolute Gasteiger partial charge is 0.462 e. The van der Waals surface area contributed by atoms with Crippen molar-refractivity contribution in [2.75, 3.05) is 13.2 Å². The van der Waals surface area contributed by atoms with Crippen LogP contribution in [-0.2, 0) is 28.6 Å². The zero-order valence-electron chi connectivity index (χ0n) is 54.7. The van der Waals surface area contributed by atoms with E-state index in [1.54, 1.807) is 0 Å². The van der Waals surface area contributed by atoms with E-state index in [2.05, 4.69) is 130 Å². The van der Waals surface area contributed by atoms with E-state index in [1.165, 1.54) is 186 Å². The normalized spacial score (nSPS) is 12.8. The minimum atomic E-state index is -0.788. The van der Waals surface area contributed by atoms with Crippen molar-refractivity contribution in [3.8, 4) is 0 Å². The first-order chi connectivity index (χ1) is 41.0. The summed E-state index contributed by atoms with van der Waals surface area (Å²) in [5.41, 5.74) is 0. The van der Waals surface area contributed by atoms with Crippen LogP contribution in [0.1, 0.15) is 342 Å². The maximum absolute atomic E-state index is 13.0. The molecule has 0 rings (SSSR count). The molecule has 0 fully saturated rings. The van der Waals surface area contributed by atoms with Gasteiger partial charge in [-0.15, -0.1) is 0 Å². The average Bonchev–Trinajstić information content (AvgIpc) is 3.49. The van der Waals surface area contributed by atoms with Crippen LogP contribution in [-0.4, -0.2) is 37.2 Å². The fourth-order valence-corrected chi connectivity index (χ4v) is 9.94. The molecule has 0 aromatic heterocycles. The Morgan fingerprint density at radius 3 is 0.759 bits per heavy atom. The lowest BCUT2D eigenvalue weighted by Crippen LogP contribution is -2.30. The van der Waals surface area contributed by atoms with Crippen molar-refractivity contribution < 1.29 is 28.6 Å². The minimum absolute atomic E-state index is 0.0831. The first kappa shape index (κ1) is 79.1. The number of unbranched alkanes of at least 4 members (excludes halogenated alkanes) is 35. The van der Waals surface area contributed by atoms with Gasteiger partial charge in [-0.25, -0.2) is 0 Å². The Kier molecular flexibility index (Phi) is 67.2. The van der Waals surface area contributed by atoms with E-state index < -0.39 is 6.10 Å². The molecule has 0 N–H and O–H groups in total. The van der Waals surface area contributed by atoms with E-state index in [0.717, 1.165) is 116 Å². The highest BCUT2D eigenvalue weighted by molar-refractivity contribution is 5.71. The average molecular weight is 1150 g/mol. The molecule has 1 unspecified atom stereocenters. The molecule has 6 nitrogen and oxygen atoms in total. The van der Waals surface area contributed by atoms with Gasteiger partial charge >= 0.3 is 17.9 Å². The second-order valence-electron chi connectivity index (χ2n) is 23.4. The maximum atomic E-state index is 13.0. The Balaban J connectivity index is 4.29.